The molecule has 1 rings (SSSR count). The first-order valence-electron chi connectivity index (χ1n) is 4.23. The van der Waals surface area contributed by atoms with Gasteiger partial charge in [0.2, 0.25) is 0 Å². The molecule has 1 atom stereocenters. The SMILES string of the molecule is Cc1cccnc1NCC(O)C(F)F. The van der Waals surface area contributed by atoms with Gasteiger partial charge in [0.1, 0.15) is 11.9 Å². The van der Waals surface area contributed by atoms with Crippen LogP contribution in [0.15, 0.2) is 18.3 Å². The fourth-order valence-corrected chi connectivity index (χ4v) is 0.961. The number of rotatable bonds is 4. The summed E-state index contributed by atoms with van der Waals surface area (Å²) in [6.45, 7) is 1.61. The second-order valence-corrected chi connectivity index (χ2v) is 2.95. The highest BCUT2D eigenvalue weighted by Gasteiger charge is 2.16. The highest BCUT2D eigenvalue weighted by Crippen LogP contribution is 2.10. The fraction of sp³-hybridized carbons (Fsp3) is 0.444. The highest BCUT2D eigenvalue weighted by atomic mass is 19.3. The zero-order valence-corrected chi connectivity index (χ0v) is 7.74. The van der Waals surface area contributed by atoms with Gasteiger partial charge in [0.25, 0.3) is 6.43 Å². The number of aromatic nitrogens is 1. The molecule has 1 aromatic heterocycles. The number of hydrogen-bond donors (Lipinski definition) is 2. The van der Waals surface area contributed by atoms with Crippen molar-refractivity contribution in [3.05, 3.63) is 23.9 Å². The van der Waals surface area contributed by atoms with Crippen LogP contribution < -0.4 is 5.32 Å². The van der Waals surface area contributed by atoms with Crippen LogP contribution in [0.2, 0.25) is 0 Å². The maximum Gasteiger partial charge on any atom is 0.265 e. The smallest absolute Gasteiger partial charge is 0.265 e. The van der Waals surface area contributed by atoms with E-state index in [0.29, 0.717) is 5.82 Å². The largest absolute Gasteiger partial charge is 0.385 e. The number of pyridine rings is 1. The molecule has 0 saturated carbocycles. The summed E-state index contributed by atoms with van der Waals surface area (Å²) in [6.07, 6.45) is -2.83. The number of aliphatic hydroxyl groups is 1. The Morgan fingerprint density at radius 3 is 2.86 bits per heavy atom. The molecule has 1 unspecified atom stereocenters. The van der Waals surface area contributed by atoms with Gasteiger partial charge in [-0.1, -0.05) is 6.07 Å². The summed E-state index contributed by atoms with van der Waals surface area (Å²) in [5.41, 5.74) is 0.856. The van der Waals surface area contributed by atoms with Crippen LogP contribution in [0.3, 0.4) is 0 Å². The third-order valence-electron chi connectivity index (χ3n) is 1.78. The number of nitrogens with one attached hydrogen (secondary N) is 1. The van der Waals surface area contributed by atoms with Crippen molar-refractivity contribution >= 4 is 5.82 Å². The minimum absolute atomic E-state index is 0.199. The molecular formula is C9H12F2N2O. The summed E-state index contributed by atoms with van der Waals surface area (Å²) >= 11 is 0. The van der Waals surface area contributed by atoms with Crippen molar-refractivity contribution in [3.8, 4) is 0 Å². The van der Waals surface area contributed by atoms with E-state index in [9.17, 15) is 8.78 Å². The second-order valence-electron chi connectivity index (χ2n) is 2.95. The number of anilines is 1. The van der Waals surface area contributed by atoms with E-state index >= 15 is 0 Å². The Bertz CT molecular complexity index is 294. The average molecular weight is 202 g/mol. The van der Waals surface area contributed by atoms with Gasteiger partial charge in [0.15, 0.2) is 0 Å². The maximum atomic E-state index is 11.9. The Morgan fingerprint density at radius 2 is 2.29 bits per heavy atom. The van der Waals surface area contributed by atoms with E-state index < -0.39 is 12.5 Å². The van der Waals surface area contributed by atoms with Crippen molar-refractivity contribution in [2.45, 2.75) is 19.5 Å². The lowest BCUT2D eigenvalue weighted by molar-refractivity contribution is 0.00380. The van der Waals surface area contributed by atoms with Crippen molar-refractivity contribution in [2.24, 2.45) is 0 Å². The van der Waals surface area contributed by atoms with E-state index in [4.69, 9.17) is 5.11 Å². The maximum absolute atomic E-state index is 11.9. The molecule has 14 heavy (non-hydrogen) atoms. The van der Waals surface area contributed by atoms with Gasteiger partial charge in [-0.15, -0.1) is 0 Å². The summed E-state index contributed by atoms with van der Waals surface area (Å²) in [6, 6.07) is 3.56. The summed E-state index contributed by atoms with van der Waals surface area (Å²) in [5.74, 6) is 0.521. The summed E-state index contributed by atoms with van der Waals surface area (Å²) in [4.78, 5) is 3.94. The van der Waals surface area contributed by atoms with E-state index in [2.05, 4.69) is 10.3 Å². The van der Waals surface area contributed by atoms with Crippen LogP contribution in [0.4, 0.5) is 14.6 Å². The molecule has 2 N–H and O–H groups in total. The lowest BCUT2D eigenvalue weighted by atomic mass is 10.3. The van der Waals surface area contributed by atoms with Crippen molar-refractivity contribution in [1.82, 2.24) is 4.98 Å². The van der Waals surface area contributed by atoms with Crippen molar-refractivity contribution in [2.75, 3.05) is 11.9 Å². The van der Waals surface area contributed by atoms with Crippen LogP contribution in [0.5, 0.6) is 0 Å². The second kappa shape index (κ2) is 4.85. The first-order chi connectivity index (χ1) is 6.61. The van der Waals surface area contributed by atoms with Crippen molar-refractivity contribution in [1.29, 1.82) is 0 Å². The number of aliphatic hydroxyl groups excluding tert-OH is 1. The Balaban J connectivity index is 2.50. The van der Waals surface area contributed by atoms with Crippen LogP contribution in [-0.4, -0.2) is 29.2 Å². The minimum Gasteiger partial charge on any atom is -0.385 e. The zero-order valence-electron chi connectivity index (χ0n) is 7.74. The molecule has 0 saturated heterocycles. The molecule has 0 spiro atoms. The van der Waals surface area contributed by atoms with Gasteiger partial charge in [-0.3, -0.25) is 0 Å². The first kappa shape index (κ1) is 10.8. The van der Waals surface area contributed by atoms with Crippen LogP contribution in [0.25, 0.3) is 0 Å². The van der Waals surface area contributed by atoms with E-state index in [1.54, 1.807) is 12.3 Å². The quantitative estimate of drug-likeness (QED) is 0.776. The number of halogens is 2. The van der Waals surface area contributed by atoms with Crippen LogP contribution >= 0.6 is 0 Å². The van der Waals surface area contributed by atoms with Gasteiger partial charge in [0.05, 0.1) is 0 Å². The van der Waals surface area contributed by atoms with Crippen LogP contribution in [0.1, 0.15) is 5.56 Å². The molecule has 0 bridgehead atoms. The number of hydrogen-bond acceptors (Lipinski definition) is 3. The Morgan fingerprint density at radius 1 is 1.57 bits per heavy atom. The third kappa shape index (κ3) is 2.92. The predicted molar refractivity (Wildman–Crippen MR) is 49.5 cm³/mol. The topological polar surface area (TPSA) is 45.2 Å². The molecular weight excluding hydrogens is 190 g/mol. The molecule has 1 aromatic rings. The average Bonchev–Trinajstić information content (AvgIpc) is 2.16. The van der Waals surface area contributed by atoms with E-state index in [-0.39, 0.29) is 6.54 Å². The summed E-state index contributed by atoms with van der Waals surface area (Å²) < 4.78 is 23.8. The molecule has 0 aliphatic heterocycles. The van der Waals surface area contributed by atoms with Gasteiger partial charge in [-0.25, -0.2) is 13.8 Å². The molecule has 5 heteroatoms. The molecule has 3 nitrogen and oxygen atoms in total. The zero-order chi connectivity index (χ0) is 10.6. The molecule has 0 aliphatic rings. The number of alkyl halides is 2. The van der Waals surface area contributed by atoms with Gasteiger partial charge in [-0.2, -0.15) is 0 Å². The molecule has 0 radical (unpaired) electrons. The minimum atomic E-state index is -2.73. The van der Waals surface area contributed by atoms with Crippen molar-refractivity contribution < 1.29 is 13.9 Å². The van der Waals surface area contributed by atoms with Gasteiger partial charge < -0.3 is 10.4 Å². The lowest BCUT2D eigenvalue weighted by Gasteiger charge is -2.12. The normalized spacial score (nSPS) is 12.9. The molecule has 0 aromatic carbocycles. The Hall–Kier alpha value is -1.23. The number of nitrogens with zero attached hydrogens (tertiary/aromatic N) is 1. The lowest BCUT2D eigenvalue weighted by Crippen LogP contribution is -2.27. The molecule has 0 fully saturated rings. The van der Waals surface area contributed by atoms with Gasteiger partial charge in [-0.05, 0) is 18.6 Å². The fourth-order valence-electron chi connectivity index (χ4n) is 0.961. The Kier molecular flexibility index (Phi) is 3.76. The predicted octanol–water partition coefficient (Wildman–Crippen LogP) is 1.43. The molecule has 1 heterocycles. The van der Waals surface area contributed by atoms with Gasteiger partial charge in [0, 0.05) is 12.7 Å². The first-order valence-corrected chi connectivity index (χ1v) is 4.23. The standard InChI is InChI=1S/C9H12F2N2O/c1-6-3-2-4-12-9(6)13-5-7(14)8(10)11/h2-4,7-8,14H,5H2,1H3,(H,12,13). The third-order valence-corrected chi connectivity index (χ3v) is 1.78. The summed E-state index contributed by atoms with van der Waals surface area (Å²) in [5, 5.41) is 11.5. The van der Waals surface area contributed by atoms with Crippen molar-refractivity contribution in [3.63, 3.8) is 0 Å². The molecule has 78 valence electrons. The van der Waals surface area contributed by atoms with Gasteiger partial charge >= 0.3 is 0 Å². The summed E-state index contributed by atoms with van der Waals surface area (Å²) in [7, 11) is 0. The van der Waals surface area contributed by atoms with E-state index in [0.717, 1.165) is 5.56 Å². The number of aryl methyl sites for hydroxylation is 1. The molecule has 0 aliphatic carbocycles. The molecule has 0 amide bonds. The Labute approximate surface area is 80.8 Å². The van der Waals surface area contributed by atoms with Crippen LogP contribution in [-0.2, 0) is 0 Å². The van der Waals surface area contributed by atoms with E-state index in [1.165, 1.54) is 0 Å². The van der Waals surface area contributed by atoms with Crippen LogP contribution in [0, 0.1) is 6.92 Å². The van der Waals surface area contributed by atoms with E-state index in [1.807, 2.05) is 13.0 Å². The monoisotopic (exact) mass is 202 g/mol. The highest BCUT2D eigenvalue weighted by molar-refractivity contribution is 5.42.